The van der Waals surface area contributed by atoms with Gasteiger partial charge in [0, 0.05) is 17.1 Å². The monoisotopic (exact) mass is 294 g/mol. The summed E-state index contributed by atoms with van der Waals surface area (Å²) in [6.07, 6.45) is 0.244. The molecule has 0 aliphatic carbocycles. The van der Waals surface area contributed by atoms with E-state index < -0.39 is 0 Å². The molecule has 1 aliphatic rings. The molecule has 17 heavy (non-hydrogen) atoms. The van der Waals surface area contributed by atoms with Crippen molar-refractivity contribution in [1.29, 1.82) is 5.26 Å². The van der Waals surface area contributed by atoms with Gasteiger partial charge in [0.05, 0.1) is 30.0 Å². The van der Waals surface area contributed by atoms with Crippen LogP contribution in [0.2, 0.25) is 0 Å². The van der Waals surface area contributed by atoms with E-state index in [1.54, 1.807) is 0 Å². The van der Waals surface area contributed by atoms with E-state index in [0.717, 1.165) is 23.3 Å². The molecule has 0 radical (unpaired) electrons. The molecule has 4 heteroatoms. The van der Waals surface area contributed by atoms with Crippen LogP contribution in [0.5, 0.6) is 0 Å². The molecule has 0 aromatic heterocycles. The van der Waals surface area contributed by atoms with Gasteiger partial charge in [-0.3, -0.25) is 0 Å². The van der Waals surface area contributed by atoms with Crippen LogP contribution in [0.3, 0.4) is 0 Å². The Labute approximate surface area is 110 Å². The lowest BCUT2D eigenvalue weighted by Gasteiger charge is -2.39. The number of nitriles is 1. The number of nitrogens with zero attached hydrogens (tertiary/aromatic N) is 2. The van der Waals surface area contributed by atoms with E-state index in [2.05, 4.69) is 40.7 Å². The van der Waals surface area contributed by atoms with Gasteiger partial charge in [-0.05, 0) is 48.0 Å². The number of ether oxygens (including phenoxy) is 1. The number of halogens is 1. The standard InChI is InChI=1S/C13H15BrN2O/c1-9-8-17-10(2)7-16(9)13-4-3-11(6-15)5-12(13)14/h3-5,9-10H,7-8H2,1-2H3. The van der Waals surface area contributed by atoms with Gasteiger partial charge in [0.1, 0.15) is 0 Å². The van der Waals surface area contributed by atoms with Crippen molar-refractivity contribution >= 4 is 21.6 Å². The first-order chi connectivity index (χ1) is 8.11. The Morgan fingerprint density at radius 1 is 1.47 bits per heavy atom. The molecule has 2 rings (SSSR count). The largest absolute Gasteiger partial charge is 0.375 e. The van der Waals surface area contributed by atoms with Crippen LogP contribution in [-0.2, 0) is 4.74 Å². The molecule has 3 nitrogen and oxygen atoms in total. The van der Waals surface area contributed by atoms with Crippen molar-refractivity contribution in [1.82, 2.24) is 0 Å². The highest BCUT2D eigenvalue weighted by atomic mass is 79.9. The molecule has 2 atom stereocenters. The van der Waals surface area contributed by atoms with Gasteiger partial charge in [-0.2, -0.15) is 5.26 Å². The maximum absolute atomic E-state index is 8.85. The lowest BCUT2D eigenvalue weighted by Crippen LogP contribution is -2.47. The summed E-state index contributed by atoms with van der Waals surface area (Å²) in [7, 11) is 0. The lowest BCUT2D eigenvalue weighted by atomic mass is 10.1. The molecule has 1 heterocycles. The Morgan fingerprint density at radius 2 is 2.24 bits per heavy atom. The van der Waals surface area contributed by atoms with Crippen molar-refractivity contribution in [2.45, 2.75) is 26.0 Å². The smallest absolute Gasteiger partial charge is 0.0992 e. The molecule has 1 fully saturated rings. The number of rotatable bonds is 1. The van der Waals surface area contributed by atoms with E-state index in [0.29, 0.717) is 11.6 Å². The number of benzene rings is 1. The highest BCUT2D eigenvalue weighted by Gasteiger charge is 2.24. The zero-order chi connectivity index (χ0) is 12.4. The molecular formula is C13H15BrN2O. The molecule has 0 N–H and O–H groups in total. The Bertz CT molecular complexity index is 455. The Balaban J connectivity index is 2.30. The van der Waals surface area contributed by atoms with E-state index in [1.807, 2.05) is 18.2 Å². The van der Waals surface area contributed by atoms with Crippen LogP contribution in [-0.4, -0.2) is 25.3 Å². The summed E-state index contributed by atoms with van der Waals surface area (Å²) in [5.74, 6) is 0. The summed E-state index contributed by atoms with van der Waals surface area (Å²) < 4.78 is 6.59. The molecule has 1 aromatic rings. The van der Waals surface area contributed by atoms with Crippen LogP contribution >= 0.6 is 15.9 Å². The zero-order valence-corrected chi connectivity index (χ0v) is 11.6. The fourth-order valence-electron chi connectivity index (χ4n) is 2.05. The van der Waals surface area contributed by atoms with Gasteiger partial charge in [0.25, 0.3) is 0 Å². The maximum Gasteiger partial charge on any atom is 0.0992 e. The minimum absolute atomic E-state index is 0.244. The first-order valence-corrected chi connectivity index (χ1v) is 6.49. The van der Waals surface area contributed by atoms with E-state index in [4.69, 9.17) is 10.00 Å². The normalized spacial score (nSPS) is 24.5. The molecule has 1 aliphatic heterocycles. The Morgan fingerprint density at radius 3 is 2.88 bits per heavy atom. The summed E-state index contributed by atoms with van der Waals surface area (Å²) in [6.45, 7) is 5.85. The van der Waals surface area contributed by atoms with Gasteiger partial charge in [-0.25, -0.2) is 0 Å². The highest BCUT2D eigenvalue weighted by Crippen LogP contribution is 2.30. The third-order valence-electron chi connectivity index (χ3n) is 2.99. The molecular weight excluding hydrogens is 280 g/mol. The van der Waals surface area contributed by atoms with Gasteiger partial charge in [0.2, 0.25) is 0 Å². The molecule has 2 unspecified atom stereocenters. The average Bonchev–Trinajstić information content (AvgIpc) is 2.32. The number of hydrogen-bond donors (Lipinski definition) is 0. The van der Waals surface area contributed by atoms with Crippen LogP contribution in [0.25, 0.3) is 0 Å². The number of hydrogen-bond acceptors (Lipinski definition) is 3. The second-order valence-corrected chi connectivity index (χ2v) is 5.28. The first-order valence-electron chi connectivity index (χ1n) is 5.69. The van der Waals surface area contributed by atoms with E-state index in [1.165, 1.54) is 0 Å². The molecule has 1 aromatic carbocycles. The molecule has 0 bridgehead atoms. The van der Waals surface area contributed by atoms with Gasteiger partial charge in [-0.15, -0.1) is 0 Å². The second-order valence-electron chi connectivity index (χ2n) is 4.42. The molecule has 0 saturated carbocycles. The van der Waals surface area contributed by atoms with Crippen LogP contribution in [0, 0.1) is 11.3 Å². The van der Waals surface area contributed by atoms with Crippen LogP contribution in [0.15, 0.2) is 22.7 Å². The second kappa shape index (κ2) is 5.07. The van der Waals surface area contributed by atoms with Gasteiger partial charge >= 0.3 is 0 Å². The summed E-state index contributed by atoms with van der Waals surface area (Å²) in [5, 5.41) is 8.85. The molecule has 1 saturated heterocycles. The molecule has 0 amide bonds. The summed E-state index contributed by atoms with van der Waals surface area (Å²) in [6, 6.07) is 8.22. The van der Waals surface area contributed by atoms with Crippen molar-refractivity contribution in [3.05, 3.63) is 28.2 Å². The van der Waals surface area contributed by atoms with Crippen LogP contribution in [0.1, 0.15) is 19.4 Å². The van der Waals surface area contributed by atoms with Crippen molar-refractivity contribution in [2.24, 2.45) is 0 Å². The average molecular weight is 295 g/mol. The minimum Gasteiger partial charge on any atom is -0.375 e. The quantitative estimate of drug-likeness (QED) is 0.799. The number of morpholine rings is 1. The highest BCUT2D eigenvalue weighted by molar-refractivity contribution is 9.10. The first kappa shape index (κ1) is 12.4. The molecule has 90 valence electrons. The van der Waals surface area contributed by atoms with E-state index in [-0.39, 0.29) is 6.10 Å². The van der Waals surface area contributed by atoms with Crippen molar-refractivity contribution in [3.63, 3.8) is 0 Å². The van der Waals surface area contributed by atoms with E-state index >= 15 is 0 Å². The molecule has 0 spiro atoms. The van der Waals surface area contributed by atoms with Gasteiger partial charge in [0.15, 0.2) is 0 Å². The Hall–Kier alpha value is -1.05. The van der Waals surface area contributed by atoms with Gasteiger partial charge < -0.3 is 9.64 Å². The third kappa shape index (κ3) is 2.62. The van der Waals surface area contributed by atoms with Crippen LogP contribution < -0.4 is 4.90 Å². The van der Waals surface area contributed by atoms with Crippen molar-refractivity contribution in [3.8, 4) is 6.07 Å². The Kier molecular flexibility index (Phi) is 3.70. The number of anilines is 1. The SMILES string of the molecule is CC1CN(c2ccc(C#N)cc2Br)C(C)CO1. The predicted molar refractivity (Wildman–Crippen MR) is 71.1 cm³/mol. The minimum atomic E-state index is 0.244. The predicted octanol–water partition coefficient (Wildman–Crippen LogP) is 2.93. The van der Waals surface area contributed by atoms with Crippen LogP contribution in [0.4, 0.5) is 5.69 Å². The van der Waals surface area contributed by atoms with Gasteiger partial charge in [-0.1, -0.05) is 0 Å². The fourth-order valence-corrected chi connectivity index (χ4v) is 2.65. The van der Waals surface area contributed by atoms with Crippen molar-refractivity contribution in [2.75, 3.05) is 18.1 Å². The summed E-state index contributed by atoms with van der Waals surface area (Å²) in [4.78, 5) is 2.32. The van der Waals surface area contributed by atoms with E-state index in [9.17, 15) is 0 Å². The summed E-state index contributed by atoms with van der Waals surface area (Å²) >= 11 is 3.54. The van der Waals surface area contributed by atoms with Crippen molar-refractivity contribution < 1.29 is 4.74 Å². The topological polar surface area (TPSA) is 36.3 Å². The lowest BCUT2D eigenvalue weighted by molar-refractivity contribution is 0.0343. The summed E-state index contributed by atoms with van der Waals surface area (Å²) in [5.41, 5.74) is 1.81. The fraction of sp³-hybridized carbons (Fsp3) is 0.462. The maximum atomic E-state index is 8.85. The third-order valence-corrected chi connectivity index (χ3v) is 3.63. The zero-order valence-electron chi connectivity index (χ0n) is 9.98.